The summed E-state index contributed by atoms with van der Waals surface area (Å²) in [5, 5.41) is 10.3. The Balaban J connectivity index is 2.22. The summed E-state index contributed by atoms with van der Waals surface area (Å²) in [5.74, 6) is 0.120. The summed E-state index contributed by atoms with van der Waals surface area (Å²) < 4.78 is 0. The minimum atomic E-state index is 0.120. The molecule has 2 rings (SSSR count). The van der Waals surface area contributed by atoms with Gasteiger partial charge >= 0.3 is 0 Å². The average molecular weight is 250 g/mol. The van der Waals surface area contributed by atoms with Crippen molar-refractivity contribution in [1.82, 2.24) is 20.4 Å². The lowest BCUT2D eigenvalue weighted by molar-refractivity contribution is 0.0691. The van der Waals surface area contributed by atoms with Gasteiger partial charge in [-0.25, -0.2) is 0 Å². The Morgan fingerprint density at radius 1 is 1.50 bits per heavy atom. The Labute approximate surface area is 108 Å². The second kappa shape index (κ2) is 5.52. The lowest BCUT2D eigenvalue weighted by Crippen LogP contribution is -2.42. The molecule has 2 heterocycles. The maximum Gasteiger partial charge on any atom is 0.257 e. The average Bonchev–Trinajstić information content (AvgIpc) is 2.96. The van der Waals surface area contributed by atoms with E-state index in [1.807, 2.05) is 18.7 Å². The van der Waals surface area contributed by atoms with Crippen LogP contribution in [-0.4, -0.2) is 46.7 Å². The summed E-state index contributed by atoms with van der Waals surface area (Å²) in [6.07, 6.45) is 2.03. The van der Waals surface area contributed by atoms with Crippen LogP contribution < -0.4 is 5.32 Å². The highest BCUT2D eigenvalue weighted by Gasteiger charge is 2.29. The van der Waals surface area contributed by atoms with Gasteiger partial charge in [-0.1, -0.05) is 6.92 Å². The first kappa shape index (κ1) is 13.1. The zero-order chi connectivity index (χ0) is 13.1. The van der Waals surface area contributed by atoms with Gasteiger partial charge in [-0.2, -0.15) is 5.10 Å². The van der Waals surface area contributed by atoms with Crippen molar-refractivity contribution >= 4 is 5.91 Å². The van der Waals surface area contributed by atoms with E-state index < -0.39 is 0 Å². The predicted octanol–water partition coefficient (Wildman–Crippen LogP) is 1.24. The Bertz CT molecular complexity index is 401. The lowest BCUT2D eigenvalue weighted by atomic mass is 10.1. The zero-order valence-corrected chi connectivity index (χ0v) is 11.4. The largest absolute Gasteiger partial charge is 0.334 e. The third-order valence-corrected chi connectivity index (χ3v) is 3.54. The van der Waals surface area contributed by atoms with Gasteiger partial charge in [-0.3, -0.25) is 9.89 Å². The fourth-order valence-corrected chi connectivity index (χ4v) is 2.61. The van der Waals surface area contributed by atoms with Gasteiger partial charge in [0.05, 0.1) is 11.3 Å². The first-order valence-electron chi connectivity index (χ1n) is 6.68. The van der Waals surface area contributed by atoms with Crippen LogP contribution in [0.2, 0.25) is 0 Å². The fraction of sp³-hybridized carbons (Fsp3) is 0.692. The third kappa shape index (κ3) is 2.41. The predicted molar refractivity (Wildman–Crippen MR) is 70.7 cm³/mol. The van der Waals surface area contributed by atoms with Crippen molar-refractivity contribution in [2.45, 2.75) is 39.7 Å². The molecule has 2 N–H and O–H groups in total. The maximum absolute atomic E-state index is 12.7. The maximum atomic E-state index is 12.7. The van der Waals surface area contributed by atoms with Crippen molar-refractivity contribution in [3.05, 3.63) is 17.0 Å². The van der Waals surface area contributed by atoms with E-state index in [9.17, 15) is 4.79 Å². The highest BCUT2D eigenvalue weighted by atomic mass is 16.2. The van der Waals surface area contributed by atoms with Crippen LogP contribution in [0.5, 0.6) is 0 Å². The van der Waals surface area contributed by atoms with E-state index >= 15 is 0 Å². The van der Waals surface area contributed by atoms with Crippen LogP contribution in [0.15, 0.2) is 0 Å². The summed E-state index contributed by atoms with van der Waals surface area (Å²) in [5.41, 5.74) is 2.41. The quantitative estimate of drug-likeness (QED) is 0.845. The molecule has 18 heavy (non-hydrogen) atoms. The van der Waals surface area contributed by atoms with Gasteiger partial charge in [0.25, 0.3) is 5.91 Å². The number of hydrogen-bond acceptors (Lipinski definition) is 3. The molecule has 0 bridgehead atoms. The Morgan fingerprint density at radius 3 is 2.78 bits per heavy atom. The molecule has 1 aromatic heterocycles. The molecule has 1 amide bonds. The number of carbonyl (C=O) groups is 1. The van der Waals surface area contributed by atoms with Gasteiger partial charge in [-0.15, -0.1) is 0 Å². The molecule has 5 nitrogen and oxygen atoms in total. The number of nitrogens with one attached hydrogen (secondary N) is 2. The molecule has 1 saturated heterocycles. The van der Waals surface area contributed by atoms with E-state index in [1.54, 1.807) is 0 Å². The molecule has 1 atom stereocenters. The van der Waals surface area contributed by atoms with Crippen LogP contribution in [-0.2, 0) is 0 Å². The van der Waals surface area contributed by atoms with Gasteiger partial charge < -0.3 is 10.2 Å². The van der Waals surface area contributed by atoms with Gasteiger partial charge in [0.15, 0.2) is 0 Å². The van der Waals surface area contributed by atoms with Crippen LogP contribution in [0, 0.1) is 13.8 Å². The molecule has 1 fully saturated rings. The summed E-state index contributed by atoms with van der Waals surface area (Å²) >= 11 is 0. The molecule has 0 aromatic carbocycles. The number of aromatic nitrogens is 2. The number of H-pyrrole nitrogens is 1. The van der Waals surface area contributed by atoms with Crippen molar-refractivity contribution in [2.24, 2.45) is 0 Å². The Kier molecular flexibility index (Phi) is 4.01. The van der Waals surface area contributed by atoms with Gasteiger partial charge in [0, 0.05) is 24.8 Å². The minimum absolute atomic E-state index is 0.120. The van der Waals surface area contributed by atoms with Crippen LogP contribution in [0.3, 0.4) is 0 Å². The molecule has 1 aromatic rings. The zero-order valence-electron chi connectivity index (χ0n) is 11.4. The van der Waals surface area contributed by atoms with E-state index in [4.69, 9.17) is 0 Å². The fourth-order valence-electron chi connectivity index (χ4n) is 2.61. The van der Waals surface area contributed by atoms with Crippen LogP contribution in [0.1, 0.15) is 41.5 Å². The highest BCUT2D eigenvalue weighted by Crippen LogP contribution is 2.17. The van der Waals surface area contributed by atoms with Crippen LogP contribution >= 0.6 is 0 Å². The second-order valence-electron chi connectivity index (χ2n) is 4.95. The van der Waals surface area contributed by atoms with Crippen molar-refractivity contribution in [3.63, 3.8) is 0 Å². The van der Waals surface area contributed by atoms with E-state index in [-0.39, 0.29) is 5.91 Å². The molecule has 1 aliphatic rings. The van der Waals surface area contributed by atoms with Crippen LogP contribution in [0.4, 0.5) is 0 Å². The van der Waals surface area contributed by atoms with Gasteiger partial charge in [0.2, 0.25) is 0 Å². The Hall–Kier alpha value is -1.36. The lowest BCUT2D eigenvalue weighted by Gasteiger charge is -2.28. The monoisotopic (exact) mass is 250 g/mol. The second-order valence-corrected chi connectivity index (χ2v) is 4.95. The van der Waals surface area contributed by atoms with Crippen LogP contribution in [0.25, 0.3) is 0 Å². The summed E-state index contributed by atoms with van der Waals surface area (Å²) in [6.45, 7) is 8.62. The summed E-state index contributed by atoms with van der Waals surface area (Å²) in [4.78, 5) is 14.7. The number of aromatic amines is 1. The van der Waals surface area contributed by atoms with E-state index in [2.05, 4.69) is 22.4 Å². The normalized spacial score (nSPS) is 19.2. The first-order chi connectivity index (χ1) is 8.65. The molecular formula is C13H22N4O. The summed E-state index contributed by atoms with van der Waals surface area (Å²) in [7, 11) is 0. The number of rotatable bonds is 4. The van der Waals surface area contributed by atoms with Crippen molar-refractivity contribution in [1.29, 1.82) is 0 Å². The molecule has 0 spiro atoms. The minimum Gasteiger partial charge on any atom is -0.334 e. The number of nitrogens with zero attached hydrogens (tertiary/aromatic N) is 2. The molecule has 5 heteroatoms. The smallest absolute Gasteiger partial charge is 0.257 e. The highest BCUT2D eigenvalue weighted by molar-refractivity contribution is 5.96. The number of aryl methyl sites for hydroxylation is 2. The number of carbonyl (C=O) groups excluding carboxylic acids is 1. The van der Waals surface area contributed by atoms with E-state index in [0.29, 0.717) is 6.04 Å². The summed E-state index contributed by atoms with van der Waals surface area (Å²) in [6, 6.07) is 0.325. The van der Waals surface area contributed by atoms with Crippen molar-refractivity contribution < 1.29 is 4.79 Å². The Morgan fingerprint density at radius 2 is 2.28 bits per heavy atom. The van der Waals surface area contributed by atoms with Gasteiger partial charge in [-0.05, 0) is 33.2 Å². The standard InChI is InChI=1S/C13H22N4O/c1-4-7-17(11-5-6-14-8-11)13(18)12-9(2)15-16-10(12)3/h11,14H,4-8H2,1-3H3,(H,15,16). The molecule has 0 radical (unpaired) electrons. The molecule has 1 aliphatic heterocycles. The van der Waals surface area contributed by atoms with Crippen molar-refractivity contribution in [3.8, 4) is 0 Å². The molecule has 100 valence electrons. The first-order valence-corrected chi connectivity index (χ1v) is 6.68. The molecule has 1 unspecified atom stereocenters. The molecule has 0 aliphatic carbocycles. The molecular weight excluding hydrogens is 228 g/mol. The number of amides is 1. The molecule has 0 saturated carbocycles. The van der Waals surface area contributed by atoms with Gasteiger partial charge in [0.1, 0.15) is 0 Å². The topological polar surface area (TPSA) is 61.0 Å². The van der Waals surface area contributed by atoms with E-state index in [0.717, 1.165) is 49.4 Å². The van der Waals surface area contributed by atoms with Crippen molar-refractivity contribution in [2.75, 3.05) is 19.6 Å². The van der Waals surface area contributed by atoms with E-state index in [1.165, 1.54) is 0 Å². The third-order valence-electron chi connectivity index (χ3n) is 3.54. The number of hydrogen-bond donors (Lipinski definition) is 2. The SMILES string of the molecule is CCCN(C(=O)c1c(C)n[nH]c1C)C1CCNC1.